The minimum Gasteiger partial charge on any atom is -0.480 e. The molecule has 0 aliphatic carbocycles. The molecule has 0 amide bonds. The number of nitrogens with one attached hydrogen (secondary N) is 1. The highest BCUT2D eigenvalue weighted by atomic mass is 19.1. The number of aliphatic imine (C=N–C) groups is 1. The number of H-pyrrole nitrogens is 1. The summed E-state index contributed by atoms with van der Waals surface area (Å²) in [6, 6.07) is 9.82. The number of benzene rings is 2. The number of hydrogen-bond acceptors (Lipinski definition) is 5. The Hall–Kier alpha value is -3.85. The van der Waals surface area contributed by atoms with Gasteiger partial charge in [-0.05, 0) is 41.5 Å². The van der Waals surface area contributed by atoms with Crippen LogP contribution in [0.4, 0.5) is 13.2 Å². The van der Waals surface area contributed by atoms with Gasteiger partial charge in [0.05, 0.1) is 25.1 Å². The zero-order valence-electron chi connectivity index (χ0n) is 18.8. The molecule has 1 aliphatic heterocycles. The fourth-order valence-corrected chi connectivity index (χ4v) is 3.92. The quantitative estimate of drug-likeness (QED) is 0.386. The Morgan fingerprint density at radius 1 is 1.14 bits per heavy atom. The van der Waals surface area contributed by atoms with E-state index in [9.17, 15) is 18.3 Å². The Balaban J connectivity index is 1.44. The first-order valence-corrected chi connectivity index (χ1v) is 11.0. The van der Waals surface area contributed by atoms with Crippen molar-refractivity contribution in [3.8, 4) is 22.6 Å². The molecule has 6 nitrogen and oxygen atoms in total. The van der Waals surface area contributed by atoms with E-state index in [2.05, 4.69) is 15.0 Å². The Morgan fingerprint density at radius 3 is 2.63 bits per heavy atom. The number of rotatable bonds is 6. The van der Waals surface area contributed by atoms with E-state index in [-0.39, 0.29) is 25.4 Å². The number of ether oxygens (including phenoxy) is 2. The normalized spacial score (nSPS) is 17.8. The van der Waals surface area contributed by atoms with Crippen LogP contribution in [-0.4, -0.2) is 40.7 Å². The molecule has 2 N–H and O–H groups in total. The lowest BCUT2D eigenvalue weighted by Gasteiger charge is -2.30. The predicted octanol–water partition coefficient (Wildman–Crippen LogP) is 5.41. The molecule has 0 bridgehead atoms. The molecule has 0 saturated heterocycles. The topological polar surface area (TPSA) is 79.7 Å². The van der Waals surface area contributed by atoms with E-state index in [4.69, 9.17) is 9.47 Å². The molecule has 2 aromatic carbocycles. The Kier molecular flexibility index (Phi) is 5.94. The van der Waals surface area contributed by atoms with E-state index in [1.54, 1.807) is 18.3 Å². The number of halogens is 3. The molecule has 1 aliphatic rings. The van der Waals surface area contributed by atoms with Crippen molar-refractivity contribution in [2.75, 3.05) is 19.8 Å². The van der Waals surface area contributed by atoms with Gasteiger partial charge >= 0.3 is 0 Å². The van der Waals surface area contributed by atoms with Gasteiger partial charge in [-0.3, -0.25) is 4.99 Å². The predicted molar refractivity (Wildman–Crippen MR) is 125 cm³/mol. The van der Waals surface area contributed by atoms with Crippen LogP contribution in [-0.2, 0) is 11.2 Å². The first-order chi connectivity index (χ1) is 16.8. The standard InChI is InChI=1S/C26H22F3N3O3/c1-26(13-33)12-32-22(34-14-26)9-15-7-19(28)24(20(29)8-15)35-21-5-6-30-25-23(21)18(11-31-25)16-3-2-4-17(27)10-16/h2-8,10-11,33H,9,12-14H2,1H3,(H,30,31). The van der Waals surface area contributed by atoms with E-state index in [0.29, 0.717) is 40.2 Å². The van der Waals surface area contributed by atoms with Crippen molar-refractivity contribution in [1.29, 1.82) is 0 Å². The summed E-state index contributed by atoms with van der Waals surface area (Å²) in [6.45, 7) is 2.42. The summed E-state index contributed by atoms with van der Waals surface area (Å²) in [4.78, 5) is 11.5. The van der Waals surface area contributed by atoms with Gasteiger partial charge in [-0.25, -0.2) is 18.2 Å². The van der Waals surface area contributed by atoms with Gasteiger partial charge in [0.25, 0.3) is 0 Å². The van der Waals surface area contributed by atoms with Gasteiger partial charge in [-0.1, -0.05) is 19.1 Å². The highest BCUT2D eigenvalue weighted by Gasteiger charge is 2.29. The zero-order chi connectivity index (χ0) is 24.6. The van der Waals surface area contributed by atoms with Crippen molar-refractivity contribution in [2.45, 2.75) is 13.3 Å². The number of hydrogen-bond donors (Lipinski definition) is 2. The number of nitrogens with zero attached hydrogens (tertiary/aromatic N) is 2. The largest absolute Gasteiger partial charge is 0.480 e. The molecule has 35 heavy (non-hydrogen) atoms. The fraction of sp³-hybridized carbons (Fsp3) is 0.231. The van der Waals surface area contributed by atoms with Gasteiger partial charge in [0.15, 0.2) is 23.3 Å². The second-order valence-corrected chi connectivity index (χ2v) is 8.88. The van der Waals surface area contributed by atoms with Gasteiger partial charge in [-0.15, -0.1) is 0 Å². The van der Waals surface area contributed by atoms with Crippen LogP contribution >= 0.6 is 0 Å². The van der Waals surface area contributed by atoms with Crippen molar-refractivity contribution in [1.82, 2.24) is 9.97 Å². The van der Waals surface area contributed by atoms with Crippen LogP contribution in [0, 0.1) is 22.9 Å². The van der Waals surface area contributed by atoms with E-state index in [0.717, 1.165) is 0 Å². The number of fused-ring (bicyclic) bond motifs is 1. The average Bonchev–Trinajstić information content (AvgIpc) is 3.28. The molecule has 2 aromatic heterocycles. The summed E-state index contributed by atoms with van der Waals surface area (Å²) in [5.74, 6) is -2.22. The third-order valence-corrected chi connectivity index (χ3v) is 5.90. The maximum absolute atomic E-state index is 15.0. The number of aliphatic hydroxyl groups excluding tert-OH is 1. The Bertz CT molecular complexity index is 1410. The molecule has 1 atom stereocenters. The second kappa shape index (κ2) is 9.07. The lowest BCUT2D eigenvalue weighted by atomic mass is 9.92. The molecule has 0 radical (unpaired) electrons. The lowest BCUT2D eigenvalue weighted by molar-refractivity contribution is 0.0691. The van der Waals surface area contributed by atoms with E-state index in [1.807, 2.05) is 6.92 Å². The van der Waals surface area contributed by atoms with Crippen molar-refractivity contribution in [2.24, 2.45) is 10.4 Å². The van der Waals surface area contributed by atoms with Crippen molar-refractivity contribution in [3.63, 3.8) is 0 Å². The molecule has 1 unspecified atom stereocenters. The molecule has 0 saturated carbocycles. The third kappa shape index (κ3) is 4.59. The smallest absolute Gasteiger partial charge is 0.198 e. The molecule has 3 heterocycles. The highest BCUT2D eigenvalue weighted by molar-refractivity contribution is 5.98. The summed E-state index contributed by atoms with van der Waals surface area (Å²) >= 11 is 0. The molecular formula is C26H22F3N3O3. The average molecular weight is 481 g/mol. The lowest BCUT2D eigenvalue weighted by Crippen LogP contribution is -2.36. The second-order valence-electron chi connectivity index (χ2n) is 8.88. The molecule has 180 valence electrons. The third-order valence-electron chi connectivity index (χ3n) is 5.90. The van der Waals surface area contributed by atoms with Gasteiger partial charge in [-0.2, -0.15) is 0 Å². The maximum Gasteiger partial charge on any atom is 0.198 e. The van der Waals surface area contributed by atoms with Crippen molar-refractivity contribution < 1.29 is 27.8 Å². The zero-order valence-corrected chi connectivity index (χ0v) is 18.8. The van der Waals surface area contributed by atoms with Crippen molar-refractivity contribution in [3.05, 3.63) is 77.9 Å². The van der Waals surface area contributed by atoms with Crippen molar-refractivity contribution >= 4 is 16.9 Å². The van der Waals surface area contributed by atoms with Gasteiger partial charge < -0.3 is 19.6 Å². The number of aromatic amines is 1. The van der Waals surface area contributed by atoms with E-state index in [1.165, 1.54) is 36.5 Å². The molecule has 9 heteroatoms. The Morgan fingerprint density at radius 2 is 1.94 bits per heavy atom. The van der Waals surface area contributed by atoms with Crippen LogP contribution in [0.15, 0.2) is 59.9 Å². The maximum atomic E-state index is 15.0. The molecule has 4 aromatic rings. The van der Waals surface area contributed by atoms with Gasteiger partial charge in [0, 0.05) is 29.8 Å². The van der Waals surface area contributed by atoms with Crippen LogP contribution in [0.3, 0.4) is 0 Å². The van der Waals surface area contributed by atoms with Crippen LogP contribution in [0.2, 0.25) is 0 Å². The summed E-state index contributed by atoms with van der Waals surface area (Å²) in [6.07, 6.45) is 3.20. The van der Waals surface area contributed by atoms with Crippen LogP contribution in [0.1, 0.15) is 12.5 Å². The minimum atomic E-state index is -0.885. The van der Waals surface area contributed by atoms with Crippen LogP contribution in [0.25, 0.3) is 22.2 Å². The summed E-state index contributed by atoms with van der Waals surface area (Å²) in [5.41, 5.74) is 1.46. The summed E-state index contributed by atoms with van der Waals surface area (Å²) in [5, 5.41) is 9.88. The Labute approximate surface area is 199 Å². The summed E-state index contributed by atoms with van der Waals surface area (Å²) in [7, 11) is 0. The molecule has 0 fully saturated rings. The van der Waals surface area contributed by atoms with E-state index < -0.39 is 28.6 Å². The SMILES string of the molecule is CC1(CO)CN=C(Cc2cc(F)c(Oc3ccnc4[nH]cc(-c5cccc(F)c5)c34)c(F)c2)OC1. The number of aromatic nitrogens is 2. The van der Waals surface area contributed by atoms with Crippen LogP contribution in [0.5, 0.6) is 11.5 Å². The van der Waals surface area contributed by atoms with Crippen LogP contribution < -0.4 is 4.74 Å². The number of pyridine rings is 1. The fourth-order valence-electron chi connectivity index (χ4n) is 3.92. The monoisotopic (exact) mass is 481 g/mol. The minimum absolute atomic E-state index is 0.0661. The molecule has 0 spiro atoms. The first-order valence-electron chi connectivity index (χ1n) is 11.0. The van der Waals surface area contributed by atoms with Gasteiger partial charge in [0.1, 0.15) is 17.2 Å². The molecule has 5 rings (SSSR count). The van der Waals surface area contributed by atoms with Gasteiger partial charge in [0.2, 0.25) is 0 Å². The highest BCUT2D eigenvalue weighted by Crippen LogP contribution is 2.38. The summed E-state index contributed by atoms with van der Waals surface area (Å²) < 4.78 is 55.0. The molecular weight excluding hydrogens is 459 g/mol. The van der Waals surface area contributed by atoms with E-state index >= 15 is 0 Å². The number of aliphatic hydroxyl groups is 1. The first kappa shape index (κ1) is 22.9.